The van der Waals surface area contributed by atoms with Gasteiger partial charge in [0.1, 0.15) is 0 Å². The van der Waals surface area contributed by atoms with Crippen molar-refractivity contribution in [2.45, 2.75) is 39.8 Å². The standard InChI is InChI=1S/C28H26BrClN4S/c1-16-8-9-20(30)15-25(16)33-18(3)14-22(19(33)4)27-26(24-7-5-6-12-31-24)32-28(35)34(27)21-10-11-23(29)17(2)13-21/h5-15,26-27H,1-4H3,(H,32,35)/t26-,27-/m1/s1. The van der Waals surface area contributed by atoms with Gasteiger partial charge in [0.25, 0.3) is 0 Å². The molecular formula is C28H26BrClN4S. The van der Waals surface area contributed by atoms with Crippen LogP contribution in [0.25, 0.3) is 5.69 Å². The second kappa shape index (κ2) is 9.41. The summed E-state index contributed by atoms with van der Waals surface area (Å²) in [5.74, 6) is 0. The van der Waals surface area contributed by atoms with E-state index in [1.165, 1.54) is 11.1 Å². The smallest absolute Gasteiger partial charge is 0.174 e. The van der Waals surface area contributed by atoms with Gasteiger partial charge in [0, 0.05) is 38.5 Å². The third kappa shape index (κ3) is 4.28. The second-order valence-corrected chi connectivity index (χ2v) is 10.7. The quantitative estimate of drug-likeness (QED) is 0.257. The summed E-state index contributed by atoms with van der Waals surface area (Å²) in [4.78, 5) is 6.92. The lowest BCUT2D eigenvalue weighted by atomic mass is 9.96. The van der Waals surface area contributed by atoms with E-state index >= 15 is 0 Å². The Morgan fingerprint density at radius 1 is 0.971 bits per heavy atom. The van der Waals surface area contributed by atoms with Crippen molar-refractivity contribution in [3.63, 3.8) is 0 Å². The van der Waals surface area contributed by atoms with E-state index in [1.54, 1.807) is 0 Å². The fourth-order valence-electron chi connectivity index (χ4n) is 5.01. The molecule has 1 aliphatic heterocycles. The van der Waals surface area contributed by atoms with Crippen LogP contribution in [0.15, 0.2) is 71.3 Å². The van der Waals surface area contributed by atoms with E-state index in [-0.39, 0.29) is 12.1 Å². The first kappa shape index (κ1) is 24.0. The fraction of sp³-hybridized carbons (Fsp3) is 0.214. The first-order chi connectivity index (χ1) is 16.8. The van der Waals surface area contributed by atoms with Crippen LogP contribution in [0.4, 0.5) is 5.69 Å². The second-order valence-electron chi connectivity index (χ2n) is 9.02. The van der Waals surface area contributed by atoms with Gasteiger partial charge in [0.15, 0.2) is 5.11 Å². The zero-order chi connectivity index (χ0) is 24.9. The normalized spacial score (nSPS) is 17.7. The number of hydrogen-bond donors (Lipinski definition) is 1. The minimum Gasteiger partial charge on any atom is -0.351 e. The molecule has 0 amide bonds. The number of aryl methyl sites for hydroxylation is 3. The number of pyridine rings is 1. The highest BCUT2D eigenvalue weighted by Crippen LogP contribution is 2.44. The lowest BCUT2D eigenvalue weighted by Crippen LogP contribution is -2.29. The highest BCUT2D eigenvalue weighted by Gasteiger charge is 2.42. The molecule has 35 heavy (non-hydrogen) atoms. The molecule has 7 heteroatoms. The summed E-state index contributed by atoms with van der Waals surface area (Å²) in [6, 6.07) is 20.5. The van der Waals surface area contributed by atoms with Gasteiger partial charge < -0.3 is 14.8 Å². The van der Waals surface area contributed by atoms with Crippen LogP contribution in [0.5, 0.6) is 0 Å². The topological polar surface area (TPSA) is 33.1 Å². The molecule has 4 nitrogen and oxygen atoms in total. The molecule has 0 bridgehead atoms. The summed E-state index contributed by atoms with van der Waals surface area (Å²) in [5.41, 5.74) is 8.93. The molecule has 4 aromatic rings. The summed E-state index contributed by atoms with van der Waals surface area (Å²) in [7, 11) is 0. The summed E-state index contributed by atoms with van der Waals surface area (Å²) in [5, 5.41) is 4.99. The first-order valence-electron chi connectivity index (χ1n) is 11.5. The molecule has 0 saturated carbocycles. The van der Waals surface area contributed by atoms with Crippen LogP contribution in [0.1, 0.15) is 45.9 Å². The number of halogens is 2. The van der Waals surface area contributed by atoms with Gasteiger partial charge in [-0.25, -0.2) is 0 Å². The van der Waals surface area contributed by atoms with Crippen LogP contribution in [0.2, 0.25) is 5.02 Å². The number of hydrogen-bond acceptors (Lipinski definition) is 2. The molecule has 0 spiro atoms. The number of anilines is 1. The van der Waals surface area contributed by atoms with Gasteiger partial charge in [-0.15, -0.1) is 0 Å². The van der Waals surface area contributed by atoms with Gasteiger partial charge in [-0.2, -0.15) is 0 Å². The maximum atomic E-state index is 6.40. The maximum Gasteiger partial charge on any atom is 0.174 e. The van der Waals surface area contributed by atoms with Gasteiger partial charge in [-0.3, -0.25) is 4.98 Å². The average Bonchev–Trinajstić information content (AvgIpc) is 3.33. The molecule has 2 atom stereocenters. The van der Waals surface area contributed by atoms with Crippen LogP contribution in [-0.4, -0.2) is 14.7 Å². The third-order valence-electron chi connectivity index (χ3n) is 6.72. The van der Waals surface area contributed by atoms with E-state index in [0.717, 1.165) is 43.5 Å². The molecule has 5 rings (SSSR count). The molecule has 0 radical (unpaired) electrons. The number of thiocarbonyl (C=S) groups is 1. The molecule has 178 valence electrons. The van der Waals surface area contributed by atoms with Crippen molar-refractivity contribution in [2.24, 2.45) is 0 Å². The van der Waals surface area contributed by atoms with E-state index in [1.807, 2.05) is 30.5 Å². The molecule has 3 heterocycles. The van der Waals surface area contributed by atoms with Gasteiger partial charge in [0.2, 0.25) is 0 Å². The van der Waals surface area contributed by atoms with Crippen molar-refractivity contribution in [1.29, 1.82) is 0 Å². The number of nitrogens with zero attached hydrogens (tertiary/aromatic N) is 3. The van der Waals surface area contributed by atoms with Crippen LogP contribution in [0, 0.1) is 27.7 Å². The lowest BCUT2D eigenvalue weighted by Gasteiger charge is -2.28. The van der Waals surface area contributed by atoms with Crippen molar-refractivity contribution in [1.82, 2.24) is 14.9 Å². The minimum absolute atomic E-state index is 0.0718. The van der Waals surface area contributed by atoms with E-state index in [9.17, 15) is 0 Å². The van der Waals surface area contributed by atoms with E-state index in [2.05, 4.69) is 94.8 Å². The zero-order valence-electron chi connectivity index (χ0n) is 20.0. The Morgan fingerprint density at radius 2 is 1.77 bits per heavy atom. The van der Waals surface area contributed by atoms with Gasteiger partial charge in [0.05, 0.1) is 17.8 Å². The predicted molar refractivity (Wildman–Crippen MR) is 152 cm³/mol. The van der Waals surface area contributed by atoms with Crippen LogP contribution in [0.3, 0.4) is 0 Å². The summed E-state index contributed by atoms with van der Waals surface area (Å²) >= 11 is 15.9. The van der Waals surface area contributed by atoms with E-state index in [0.29, 0.717) is 5.11 Å². The van der Waals surface area contributed by atoms with Gasteiger partial charge >= 0.3 is 0 Å². The molecule has 0 aliphatic carbocycles. The predicted octanol–water partition coefficient (Wildman–Crippen LogP) is 7.70. The zero-order valence-corrected chi connectivity index (χ0v) is 23.2. The number of aromatic nitrogens is 2. The van der Waals surface area contributed by atoms with Gasteiger partial charge in [-0.05, 0) is 105 Å². The Kier molecular flexibility index (Phi) is 6.47. The van der Waals surface area contributed by atoms with Crippen molar-refractivity contribution < 1.29 is 0 Å². The molecule has 0 unspecified atom stereocenters. The molecule has 1 saturated heterocycles. The molecule has 2 aromatic carbocycles. The Labute approximate surface area is 225 Å². The Hall–Kier alpha value is -2.67. The number of nitrogens with one attached hydrogen (secondary N) is 1. The lowest BCUT2D eigenvalue weighted by molar-refractivity contribution is 0.565. The van der Waals surface area contributed by atoms with Crippen molar-refractivity contribution >= 4 is 50.5 Å². The summed E-state index contributed by atoms with van der Waals surface area (Å²) < 4.78 is 3.37. The van der Waals surface area contributed by atoms with E-state index in [4.69, 9.17) is 28.8 Å². The van der Waals surface area contributed by atoms with Crippen LogP contribution in [-0.2, 0) is 0 Å². The molecule has 1 aliphatic rings. The highest BCUT2D eigenvalue weighted by molar-refractivity contribution is 9.10. The molecule has 1 fully saturated rings. The van der Waals surface area contributed by atoms with Crippen molar-refractivity contribution in [2.75, 3.05) is 4.90 Å². The maximum absolute atomic E-state index is 6.40. The molecular weight excluding hydrogens is 540 g/mol. The van der Waals surface area contributed by atoms with Crippen LogP contribution < -0.4 is 10.2 Å². The average molecular weight is 566 g/mol. The minimum atomic E-state index is -0.0953. The number of rotatable bonds is 4. The molecule has 2 aromatic heterocycles. The fourth-order valence-corrected chi connectivity index (χ4v) is 5.77. The third-order valence-corrected chi connectivity index (χ3v) is 8.16. The monoisotopic (exact) mass is 564 g/mol. The molecule has 1 N–H and O–H groups in total. The Morgan fingerprint density at radius 3 is 2.49 bits per heavy atom. The SMILES string of the molecule is Cc1cc(N2C(=S)N[C@H](c3ccccn3)[C@H]2c2cc(C)n(-c3cc(Cl)ccc3C)c2C)ccc1Br. The summed E-state index contributed by atoms with van der Waals surface area (Å²) in [6.45, 7) is 8.52. The van der Waals surface area contributed by atoms with Crippen LogP contribution >= 0.6 is 39.7 Å². The Bertz CT molecular complexity index is 1430. The van der Waals surface area contributed by atoms with Crippen molar-refractivity contribution in [3.05, 3.63) is 110 Å². The van der Waals surface area contributed by atoms with Gasteiger partial charge in [-0.1, -0.05) is 39.7 Å². The van der Waals surface area contributed by atoms with Crippen molar-refractivity contribution in [3.8, 4) is 5.69 Å². The highest BCUT2D eigenvalue weighted by atomic mass is 79.9. The summed E-state index contributed by atoms with van der Waals surface area (Å²) in [6.07, 6.45) is 1.84. The largest absolute Gasteiger partial charge is 0.351 e. The number of benzene rings is 2. The van der Waals surface area contributed by atoms with E-state index < -0.39 is 0 Å². The first-order valence-corrected chi connectivity index (χ1v) is 13.1. The Balaban J connectivity index is 1.71.